The number of nitrogens with two attached hydrogens (primary N) is 2. The third-order valence-corrected chi connectivity index (χ3v) is 6.39. The van der Waals surface area contributed by atoms with Crippen molar-refractivity contribution < 1.29 is 14.3 Å². The number of ether oxygens (including phenoxy) is 1. The molecule has 2 rings (SSSR count). The van der Waals surface area contributed by atoms with Crippen molar-refractivity contribution >= 4 is 35.3 Å². The molecule has 144 valence electrons. The summed E-state index contributed by atoms with van der Waals surface area (Å²) < 4.78 is 5.63. The summed E-state index contributed by atoms with van der Waals surface area (Å²) in [5, 5.41) is 2.68. The van der Waals surface area contributed by atoms with Crippen LogP contribution >= 0.6 is 23.5 Å². The van der Waals surface area contributed by atoms with Gasteiger partial charge in [-0.3, -0.25) is 9.59 Å². The van der Waals surface area contributed by atoms with Gasteiger partial charge in [0.1, 0.15) is 11.5 Å². The number of carbonyl (C=O) groups is 2. The first kappa shape index (κ1) is 21.1. The maximum Gasteiger partial charge on any atom is 0.240 e. The number of hydrogen-bond acceptors (Lipinski definition) is 6. The van der Waals surface area contributed by atoms with Crippen molar-refractivity contribution in [3.8, 4) is 0 Å². The fraction of sp³-hybridized carbons (Fsp3) is 0.556. The van der Waals surface area contributed by atoms with Gasteiger partial charge in [0.05, 0.1) is 6.04 Å². The van der Waals surface area contributed by atoms with Crippen LogP contribution in [0, 0.1) is 0 Å². The Morgan fingerprint density at radius 2 is 2.00 bits per heavy atom. The van der Waals surface area contributed by atoms with Crippen molar-refractivity contribution in [1.29, 1.82) is 0 Å². The minimum absolute atomic E-state index is 0.0672. The van der Waals surface area contributed by atoms with Crippen molar-refractivity contribution in [2.24, 2.45) is 11.5 Å². The van der Waals surface area contributed by atoms with Crippen molar-refractivity contribution in [3.05, 3.63) is 35.9 Å². The molecule has 0 spiro atoms. The maximum absolute atomic E-state index is 12.3. The number of benzene rings is 1. The Morgan fingerprint density at radius 1 is 1.23 bits per heavy atom. The number of carbonyl (C=O) groups excluding carboxylic acids is 2. The van der Waals surface area contributed by atoms with Gasteiger partial charge in [-0.15, -0.1) is 11.8 Å². The van der Waals surface area contributed by atoms with E-state index >= 15 is 0 Å². The Hall–Kier alpha value is -1.22. The van der Waals surface area contributed by atoms with E-state index < -0.39 is 18.0 Å². The predicted molar refractivity (Wildman–Crippen MR) is 108 cm³/mol. The van der Waals surface area contributed by atoms with Crippen molar-refractivity contribution in [3.63, 3.8) is 0 Å². The van der Waals surface area contributed by atoms with Gasteiger partial charge in [0.25, 0.3) is 0 Å². The molecular formula is C18H27N3O3S2. The Kier molecular flexibility index (Phi) is 9.31. The summed E-state index contributed by atoms with van der Waals surface area (Å²) in [6, 6.07) is 8.58. The molecule has 1 aliphatic rings. The van der Waals surface area contributed by atoms with Crippen LogP contribution < -0.4 is 16.8 Å². The third kappa shape index (κ3) is 7.57. The zero-order chi connectivity index (χ0) is 18.8. The quantitative estimate of drug-likeness (QED) is 0.552. The van der Waals surface area contributed by atoms with Gasteiger partial charge >= 0.3 is 0 Å². The fourth-order valence-electron chi connectivity index (χ4n) is 2.47. The molecular weight excluding hydrogens is 370 g/mol. The van der Waals surface area contributed by atoms with Gasteiger partial charge in [0, 0.05) is 23.9 Å². The molecule has 1 aromatic carbocycles. The van der Waals surface area contributed by atoms with Crippen LogP contribution in [0.2, 0.25) is 0 Å². The summed E-state index contributed by atoms with van der Waals surface area (Å²) in [4.78, 5) is 23.9. The first-order chi connectivity index (χ1) is 12.6. The monoisotopic (exact) mass is 397 g/mol. The molecule has 0 saturated carbocycles. The Labute approximate surface area is 163 Å². The van der Waals surface area contributed by atoms with Crippen LogP contribution in [0.3, 0.4) is 0 Å². The van der Waals surface area contributed by atoms with Gasteiger partial charge in [-0.25, -0.2) is 0 Å². The van der Waals surface area contributed by atoms with E-state index in [1.54, 1.807) is 11.8 Å². The molecule has 1 fully saturated rings. The molecule has 1 saturated heterocycles. The summed E-state index contributed by atoms with van der Waals surface area (Å²) in [7, 11) is 0. The van der Waals surface area contributed by atoms with E-state index in [0.29, 0.717) is 11.5 Å². The normalized spacial score (nSPS) is 19.5. The molecule has 3 unspecified atom stereocenters. The molecule has 1 heterocycles. The first-order valence-electron chi connectivity index (χ1n) is 8.76. The van der Waals surface area contributed by atoms with E-state index in [4.69, 9.17) is 16.2 Å². The summed E-state index contributed by atoms with van der Waals surface area (Å²) in [5.74, 6) is 0.765. The molecule has 0 bridgehead atoms. The summed E-state index contributed by atoms with van der Waals surface area (Å²) in [5.41, 5.74) is 12.6. The second-order valence-corrected chi connectivity index (χ2v) is 8.42. The van der Waals surface area contributed by atoms with Crippen molar-refractivity contribution in [1.82, 2.24) is 5.32 Å². The van der Waals surface area contributed by atoms with Crippen molar-refractivity contribution in [2.45, 2.75) is 42.5 Å². The second kappa shape index (κ2) is 11.5. The molecule has 2 amide bonds. The minimum atomic E-state index is -0.733. The number of hydrogen-bond donors (Lipinski definition) is 3. The Bertz CT molecular complexity index is 568. The lowest BCUT2D eigenvalue weighted by Crippen LogP contribution is -2.52. The van der Waals surface area contributed by atoms with Gasteiger partial charge in [-0.1, -0.05) is 30.3 Å². The van der Waals surface area contributed by atoms with E-state index in [-0.39, 0.29) is 11.3 Å². The molecule has 0 aromatic heterocycles. The maximum atomic E-state index is 12.3. The van der Waals surface area contributed by atoms with Crippen LogP contribution in [0.25, 0.3) is 0 Å². The van der Waals surface area contributed by atoms with Crippen molar-refractivity contribution in [2.75, 3.05) is 18.1 Å². The van der Waals surface area contributed by atoms with Crippen LogP contribution in [0.4, 0.5) is 0 Å². The van der Waals surface area contributed by atoms with Gasteiger partial charge in [0.2, 0.25) is 11.8 Å². The third-order valence-electron chi connectivity index (χ3n) is 3.99. The molecule has 8 heteroatoms. The molecule has 1 aliphatic heterocycles. The Balaban J connectivity index is 1.71. The SMILES string of the molecule is NC(=O)C(CSC1CCCCO1)NC(=O)C(N)CSCc1ccccc1. The van der Waals surface area contributed by atoms with Gasteiger partial charge in [0.15, 0.2) is 0 Å². The largest absolute Gasteiger partial charge is 0.368 e. The average Bonchev–Trinajstić information content (AvgIpc) is 2.66. The topological polar surface area (TPSA) is 107 Å². The molecule has 5 N–H and O–H groups in total. The molecule has 1 aromatic rings. The number of rotatable bonds is 10. The fourth-order valence-corrected chi connectivity index (χ4v) is 4.61. The highest BCUT2D eigenvalue weighted by molar-refractivity contribution is 7.99. The molecule has 6 nitrogen and oxygen atoms in total. The van der Waals surface area contributed by atoms with E-state index in [1.807, 2.05) is 30.3 Å². The second-order valence-electron chi connectivity index (χ2n) is 6.20. The lowest BCUT2D eigenvalue weighted by atomic mass is 10.2. The van der Waals surface area contributed by atoms with Gasteiger partial charge in [-0.05, 0) is 24.8 Å². The smallest absolute Gasteiger partial charge is 0.240 e. The molecule has 0 aliphatic carbocycles. The lowest BCUT2D eigenvalue weighted by molar-refractivity contribution is -0.127. The van der Waals surface area contributed by atoms with Crippen LogP contribution in [0.15, 0.2) is 30.3 Å². The highest BCUT2D eigenvalue weighted by Crippen LogP contribution is 2.23. The predicted octanol–water partition coefficient (Wildman–Crippen LogP) is 1.48. The van der Waals surface area contributed by atoms with Crippen LogP contribution in [0.1, 0.15) is 24.8 Å². The first-order valence-corrected chi connectivity index (χ1v) is 11.0. The number of primary amides is 1. The lowest BCUT2D eigenvalue weighted by Gasteiger charge is -2.24. The molecule has 26 heavy (non-hydrogen) atoms. The van der Waals surface area contributed by atoms with E-state index in [1.165, 1.54) is 17.3 Å². The molecule has 0 radical (unpaired) electrons. The van der Waals surface area contributed by atoms with Crippen LogP contribution in [-0.2, 0) is 20.1 Å². The number of nitrogens with one attached hydrogen (secondary N) is 1. The zero-order valence-corrected chi connectivity index (χ0v) is 16.4. The highest BCUT2D eigenvalue weighted by Gasteiger charge is 2.24. The number of thioether (sulfide) groups is 2. The minimum Gasteiger partial charge on any atom is -0.368 e. The summed E-state index contributed by atoms with van der Waals surface area (Å²) in [6.07, 6.45) is 3.15. The molecule has 3 atom stereocenters. The van der Waals surface area contributed by atoms with Gasteiger partial charge in [-0.2, -0.15) is 11.8 Å². The number of amides is 2. The average molecular weight is 398 g/mol. The standard InChI is InChI=1S/C18H27N3O3S2/c19-14(11-25-10-13-6-2-1-3-7-13)18(23)21-15(17(20)22)12-26-16-8-4-5-9-24-16/h1-3,6-7,14-16H,4-5,8-12,19H2,(H2,20,22)(H,21,23). The van der Waals surface area contributed by atoms with Gasteiger partial charge < -0.3 is 21.5 Å². The summed E-state index contributed by atoms with van der Waals surface area (Å²) >= 11 is 3.11. The van der Waals surface area contributed by atoms with Crippen LogP contribution in [0.5, 0.6) is 0 Å². The van der Waals surface area contributed by atoms with Crippen LogP contribution in [-0.4, -0.2) is 47.4 Å². The highest BCUT2D eigenvalue weighted by atomic mass is 32.2. The van der Waals surface area contributed by atoms with E-state index in [0.717, 1.165) is 31.6 Å². The Morgan fingerprint density at radius 3 is 2.65 bits per heavy atom. The van der Waals surface area contributed by atoms with E-state index in [9.17, 15) is 9.59 Å². The zero-order valence-electron chi connectivity index (χ0n) is 14.8. The summed E-state index contributed by atoms with van der Waals surface area (Å²) in [6.45, 7) is 0.745. The van der Waals surface area contributed by atoms with E-state index in [2.05, 4.69) is 5.32 Å².